The largest absolute Gasteiger partial charge is 0.496 e. The lowest BCUT2D eigenvalue weighted by Gasteiger charge is -2.11. The van der Waals surface area contributed by atoms with Crippen molar-refractivity contribution in [2.45, 2.75) is 32.4 Å². The second-order valence-electron chi connectivity index (χ2n) is 8.76. The highest BCUT2D eigenvalue weighted by molar-refractivity contribution is 5.99. The number of nitrogens with one attached hydrogen (secondary N) is 2. The Bertz CT molecular complexity index is 1470. The number of halogens is 1. The van der Waals surface area contributed by atoms with Crippen LogP contribution in [0.1, 0.15) is 41.7 Å². The van der Waals surface area contributed by atoms with E-state index >= 15 is 0 Å². The van der Waals surface area contributed by atoms with Gasteiger partial charge in [-0.3, -0.25) is 14.3 Å². The second-order valence-corrected chi connectivity index (χ2v) is 8.76. The Kier molecular flexibility index (Phi) is 5.72. The summed E-state index contributed by atoms with van der Waals surface area (Å²) in [4.78, 5) is 25.2. The average molecular weight is 477 g/mol. The van der Waals surface area contributed by atoms with Gasteiger partial charge < -0.3 is 15.8 Å². The number of rotatable bonds is 7. The fourth-order valence-electron chi connectivity index (χ4n) is 4.31. The molecule has 35 heavy (non-hydrogen) atoms. The number of carbonyl (C=O) groups is 1. The van der Waals surface area contributed by atoms with Gasteiger partial charge in [-0.25, -0.2) is 9.49 Å². The third-order valence-electron chi connectivity index (χ3n) is 6.44. The van der Waals surface area contributed by atoms with Gasteiger partial charge in [0.15, 0.2) is 5.82 Å². The molecule has 10 heteroatoms. The van der Waals surface area contributed by atoms with Crippen LogP contribution in [0.15, 0.2) is 47.3 Å². The quantitative estimate of drug-likeness (QED) is 0.375. The minimum Gasteiger partial charge on any atom is -0.496 e. The summed E-state index contributed by atoms with van der Waals surface area (Å²) in [5, 5.41) is 14.5. The maximum absolute atomic E-state index is 13.6. The molecule has 0 spiro atoms. The van der Waals surface area contributed by atoms with Gasteiger partial charge in [-0.05, 0) is 49.4 Å². The third-order valence-corrected chi connectivity index (χ3v) is 6.44. The van der Waals surface area contributed by atoms with E-state index in [1.54, 1.807) is 4.68 Å². The summed E-state index contributed by atoms with van der Waals surface area (Å²) in [6, 6.07) is 11.3. The second kappa shape index (κ2) is 8.86. The number of nitrogens with zero attached hydrogens (tertiary/aromatic N) is 3. The van der Waals surface area contributed by atoms with Gasteiger partial charge in [-0.15, -0.1) is 0 Å². The lowest BCUT2D eigenvalue weighted by Crippen LogP contribution is -2.23. The number of fused-ring (bicyclic) bond motifs is 1. The summed E-state index contributed by atoms with van der Waals surface area (Å²) in [5.74, 6) is 0.0351. The van der Waals surface area contributed by atoms with Crippen molar-refractivity contribution < 1.29 is 13.9 Å². The molecule has 1 aliphatic rings. The van der Waals surface area contributed by atoms with E-state index in [1.165, 1.54) is 19.2 Å². The predicted molar refractivity (Wildman–Crippen MR) is 130 cm³/mol. The van der Waals surface area contributed by atoms with Crippen LogP contribution < -0.4 is 21.3 Å². The number of aromatic nitrogens is 4. The normalized spacial score (nSPS) is 14.1. The van der Waals surface area contributed by atoms with Crippen LogP contribution in [0.4, 0.5) is 10.2 Å². The Hall–Kier alpha value is -4.21. The van der Waals surface area contributed by atoms with Crippen LogP contribution in [-0.4, -0.2) is 33.0 Å². The molecule has 1 unspecified atom stereocenters. The van der Waals surface area contributed by atoms with E-state index in [2.05, 4.69) is 22.4 Å². The Morgan fingerprint density at radius 2 is 2.03 bits per heavy atom. The molecule has 1 fully saturated rings. The highest BCUT2D eigenvalue weighted by Crippen LogP contribution is 2.41. The van der Waals surface area contributed by atoms with Gasteiger partial charge >= 0.3 is 0 Å². The Morgan fingerprint density at radius 1 is 1.29 bits per heavy atom. The summed E-state index contributed by atoms with van der Waals surface area (Å²) in [5.41, 5.74) is 8.56. The molecule has 1 saturated carbocycles. The molecule has 2 aromatic heterocycles. The van der Waals surface area contributed by atoms with Gasteiger partial charge in [0.2, 0.25) is 0 Å². The Balaban J connectivity index is 1.41. The van der Waals surface area contributed by atoms with Gasteiger partial charge in [0.25, 0.3) is 11.5 Å². The first-order valence-corrected chi connectivity index (χ1v) is 11.3. The van der Waals surface area contributed by atoms with E-state index in [0.29, 0.717) is 28.3 Å². The van der Waals surface area contributed by atoms with E-state index in [-0.39, 0.29) is 29.5 Å². The highest BCUT2D eigenvalue weighted by Gasteiger charge is 2.32. The van der Waals surface area contributed by atoms with Gasteiger partial charge in [-0.2, -0.15) is 10.2 Å². The van der Waals surface area contributed by atoms with Crippen molar-refractivity contribution in [1.29, 1.82) is 0 Å². The smallest absolute Gasteiger partial charge is 0.290 e. The number of ether oxygens (including phenoxy) is 1. The van der Waals surface area contributed by atoms with Crippen molar-refractivity contribution in [3.05, 3.63) is 69.8 Å². The van der Waals surface area contributed by atoms with Gasteiger partial charge in [-0.1, -0.05) is 24.3 Å². The number of nitrogen functional groups attached to an aromatic ring is 1. The molecular weight excluding hydrogens is 451 g/mol. The number of hydrogen-bond acceptors (Lipinski definition) is 6. The summed E-state index contributed by atoms with van der Waals surface area (Å²) < 4.78 is 20.5. The van der Waals surface area contributed by atoms with Crippen LogP contribution in [0.25, 0.3) is 22.2 Å². The zero-order valence-electron chi connectivity index (χ0n) is 19.3. The molecule has 1 atom stereocenters. The molecule has 4 aromatic rings. The molecular formula is C25H25FN6O3. The van der Waals surface area contributed by atoms with E-state index in [4.69, 9.17) is 15.6 Å². The lowest BCUT2D eigenvalue weighted by molar-refractivity contribution is 0.0947. The van der Waals surface area contributed by atoms with E-state index in [1.807, 2.05) is 24.3 Å². The third kappa shape index (κ3) is 4.23. The number of H-pyrrole nitrogens is 1. The molecule has 5 rings (SSSR count). The summed E-state index contributed by atoms with van der Waals surface area (Å²) in [7, 11) is 1.43. The number of benzene rings is 2. The molecule has 2 heterocycles. The van der Waals surface area contributed by atoms with E-state index in [9.17, 15) is 14.0 Å². The number of methoxy groups -OCH3 is 1. The van der Waals surface area contributed by atoms with Crippen LogP contribution in [-0.2, 0) is 6.54 Å². The van der Waals surface area contributed by atoms with Crippen molar-refractivity contribution in [1.82, 2.24) is 25.3 Å². The number of hydrogen-bond donors (Lipinski definition) is 3. The topological polar surface area (TPSA) is 128 Å². The first kappa shape index (κ1) is 22.6. The summed E-state index contributed by atoms with van der Waals surface area (Å²) in [6.45, 7) is 2.29. The molecule has 1 aliphatic carbocycles. The zero-order chi connectivity index (χ0) is 24.7. The number of anilines is 1. The SMILES string of the molecule is COc1ccc(F)cc1C(=O)NCc1ccc(-c2nn(C(C)C3CC3)c3c(=O)[nH]nc(N)c23)cc1. The molecule has 9 nitrogen and oxygen atoms in total. The number of aromatic amines is 1. The minimum atomic E-state index is -0.518. The van der Waals surface area contributed by atoms with Crippen molar-refractivity contribution in [2.75, 3.05) is 12.8 Å². The molecule has 0 bridgehead atoms. The first-order valence-electron chi connectivity index (χ1n) is 11.3. The molecule has 4 N–H and O–H groups in total. The molecule has 0 aliphatic heterocycles. The van der Waals surface area contributed by atoms with Gasteiger partial charge in [0.1, 0.15) is 22.8 Å². The van der Waals surface area contributed by atoms with E-state index in [0.717, 1.165) is 30.0 Å². The summed E-state index contributed by atoms with van der Waals surface area (Å²) >= 11 is 0. The number of amides is 1. The van der Waals surface area contributed by atoms with Crippen LogP contribution in [0.5, 0.6) is 5.75 Å². The molecule has 1 amide bonds. The van der Waals surface area contributed by atoms with Gasteiger partial charge in [0.05, 0.1) is 24.1 Å². The van der Waals surface area contributed by atoms with Crippen LogP contribution in [0.2, 0.25) is 0 Å². The minimum absolute atomic E-state index is 0.0726. The maximum atomic E-state index is 13.6. The van der Waals surface area contributed by atoms with Crippen molar-refractivity contribution in [3.63, 3.8) is 0 Å². The Labute approximate surface area is 200 Å². The van der Waals surface area contributed by atoms with E-state index < -0.39 is 11.7 Å². The maximum Gasteiger partial charge on any atom is 0.290 e. The van der Waals surface area contributed by atoms with Crippen molar-refractivity contribution in [3.8, 4) is 17.0 Å². The first-order chi connectivity index (χ1) is 16.9. The van der Waals surface area contributed by atoms with Crippen LogP contribution >= 0.6 is 0 Å². The van der Waals surface area contributed by atoms with Crippen LogP contribution in [0.3, 0.4) is 0 Å². The van der Waals surface area contributed by atoms with Gasteiger partial charge in [0, 0.05) is 12.1 Å². The lowest BCUT2D eigenvalue weighted by atomic mass is 10.1. The fourth-order valence-corrected chi connectivity index (χ4v) is 4.31. The molecule has 0 saturated heterocycles. The Morgan fingerprint density at radius 3 is 2.71 bits per heavy atom. The molecule has 2 aromatic carbocycles. The number of nitrogens with two attached hydrogens (primary N) is 1. The summed E-state index contributed by atoms with van der Waals surface area (Å²) in [6.07, 6.45) is 2.22. The van der Waals surface area contributed by atoms with Crippen molar-refractivity contribution >= 4 is 22.6 Å². The number of carbonyl (C=O) groups excluding carboxylic acids is 1. The highest BCUT2D eigenvalue weighted by atomic mass is 19.1. The molecule has 0 radical (unpaired) electrons. The van der Waals surface area contributed by atoms with Crippen LogP contribution in [0, 0.1) is 11.7 Å². The fraction of sp³-hybridized carbons (Fsp3) is 0.280. The zero-order valence-corrected chi connectivity index (χ0v) is 19.3. The van der Waals surface area contributed by atoms with Crippen molar-refractivity contribution in [2.24, 2.45) is 5.92 Å². The average Bonchev–Trinajstić information content (AvgIpc) is 3.64. The monoisotopic (exact) mass is 476 g/mol. The standard InChI is InChI=1S/C25H25FN6O3/c1-13(15-7-8-15)32-22-20(23(27)29-30-25(22)34)21(31-32)16-5-3-14(4-6-16)12-28-24(33)18-11-17(26)9-10-19(18)35-2/h3-6,9-11,13,15H,7-8,12H2,1-2H3,(H2,27,29)(H,28,33)(H,30,34). The molecule has 180 valence electrons. The predicted octanol–water partition coefficient (Wildman–Crippen LogP) is 3.42.